The van der Waals surface area contributed by atoms with Gasteiger partial charge in [0.25, 0.3) is 0 Å². The predicted octanol–water partition coefficient (Wildman–Crippen LogP) is 5.34. The molecule has 1 fully saturated rings. The third kappa shape index (κ3) is 5.59. The minimum atomic E-state index is -1.41. The Balaban J connectivity index is 1.45. The number of rotatable bonds is 10. The molecule has 0 bridgehead atoms. The molecule has 1 aliphatic carbocycles. The van der Waals surface area contributed by atoms with Gasteiger partial charge >= 0.3 is 0 Å². The van der Waals surface area contributed by atoms with E-state index in [0.29, 0.717) is 46.0 Å². The molecule has 2 radical (unpaired) electrons. The minimum absolute atomic E-state index is 0.0815. The van der Waals surface area contributed by atoms with Crippen LogP contribution in [0, 0.1) is 39.8 Å². The van der Waals surface area contributed by atoms with Crippen molar-refractivity contribution >= 4 is 30.1 Å². The van der Waals surface area contributed by atoms with Crippen LogP contribution in [0.1, 0.15) is 54.0 Å². The molecule has 3 aromatic carbocycles. The molecule has 0 saturated heterocycles. The van der Waals surface area contributed by atoms with Crippen molar-refractivity contribution in [2.24, 2.45) is 0 Å². The lowest BCUT2D eigenvalue weighted by Crippen LogP contribution is -2.45. The normalized spacial score (nSPS) is 16.0. The number of aromatic nitrogens is 1. The molecular formula is C33H27BFN9. The number of hydrazine groups is 2. The first-order chi connectivity index (χ1) is 21.4. The summed E-state index contributed by atoms with van der Waals surface area (Å²) in [5.74, 6) is -0.606. The quantitative estimate of drug-likeness (QED) is 0.184. The maximum absolute atomic E-state index is 15.8. The maximum atomic E-state index is 15.8. The highest BCUT2D eigenvalue weighted by atomic mass is 19.1. The van der Waals surface area contributed by atoms with Crippen LogP contribution < -0.4 is 21.6 Å². The summed E-state index contributed by atoms with van der Waals surface area (Å²) in [7, 11) is 7.11. The van der Waals surface area contributed by atoms with Gasteiger partial charge in [0.15, 0.2) is 5.82 Å². The highest BCUT2D eigenvalue weighted by molar-refractivity contribution is 6.19. The van der Waals surface area contributed by atoms with E-state index in [-0.39, 0.29) is 23.5 Å². The van der Waals surface area contributed by atoms with Crippen LogP contribution in [0.5, 0.6) is 0 Å². The molecule has 4 aromatic rings. The van der Waals surface area contributed by atoms with Crippen LogP contribution in [0.4, 0.5) is 15.8 Å². The van der Waals surface area contributed by atoms with Crippen molar-refractivity contribution in [3.63, 3.8) is 0 Å². The van der Waals surface area contributed by atoms with Crippen LogP contribution in [0.15, 0.2) is 84.8 Å². The molecule has 214 valence electrons. The monoisotopic (exact) mass is 579 g/mol. The molecule has 4 N–H and O–H groups in total. The standard InChI is InChI=1S/C33H27BFN9/c34-33(24-9-4-6-21(14-24)17-37,30-20-44(43-42-30)26-11-12-26)41-25-15-27-31(23(18-38)19-39-32(27)28(35)16-25)40-29(10-5-13-36)22-7-2-1-3-8-22/h1-4,6-9,14-16,19-20,26,29,41-43H,5,10-12H2,(H,39,40)/t29-,33?/m0/s1. The zero-order valence-electron chi connectivity index (χ0n) is 23.7. The van der Waals surface area contributed by atoms with Crippen molar-refractivity contribution in [2.75, 3.05) is 10.6 Å². The molecule has 0 spiro atoms. The average Bonchev–Trinajstić information content (AvgIpc) is 3.78. The van der Waals surface area contributed by atoms with Crippen LogP contribution in [-0.2, 0) is 5.44 Å². The van der Waals surface area contributed by atoms with Gasteiger partial charge in [0.2, 0.25) is 0 Å². The molecule has 1 aromatic heterocycles. The molecule has 9 nitrogen and oxygen atoms in total. The average molecular weight is 579 g/mol. The number of hydrogen-bond acceptors (Lipinski definition) is 9. The Morgan fingerprint density at radius 3 is 2.61 bits per heavy atom. The summed E-state index contributed by atoms with van der Waals surface area (Å²) in [6.07, 6.45) is 6.07. The minimum Gasteiger partial charge on any atom is -0.378 e. The SMILES string of the molecule is [B]C(Nc1cc(F)c2ncc(C#N)c(N[C@@H](CCC#N)c3ccccc3)c2c1)(C1=CN(C2CC2)NN1)c1cccc(C#N)c1. The van der Waals surface area contributed by atoms with Crippen LogP contribution >= 0.6 is 0 Å². The van der Waals surface area contributed by atoms with E-state index in [1.54, 1.807) is 30.3 Å². The first-order valence-electron chi connectivity index (χ1n) is 14.2. The third-order valence-electron chi connectivity index (χ3n) is 7.85. The molecule has 1 saturated carbocycles. The highest BCUT2D eigenvalue weighted by Crippen LogP contribution is 2.38. The second kappa shape index (κ2) is 12.0. The van der Waals surface area contributed by atoms with Gasteiger partial charge in [-0.05, 0) is 54.7 Å². The van der Waals surface area contributed by atoms with E-state index in [2.05, 4.69) is 44.8 Å². The maximum Gasteiger partial charge on any atom is 0.151 e. The topological polar surface area (TPSA) is 136 Å². The molecule has 2 atom stereocenters. The predicted molar refractivity (Wildman–Crippen MR) is 165 cm³/mol. The van der Waals surface area contributed by atoms with E-state index in [1.807, 2.05) is 41.5 Å². The number of nitrogens with one attached hydrogen (secondary N) is 4. The second-order valence-corrected chi connectivity index (χ2v) is 10.9. The summed E-state index contributed by atoms with van der Waals surface area (Å²) >= 11 is 0. The van der Waals surface area contributed by atoms with Crippen LogP contribution in [-0.4, -0.2) is 23.9 Å². The molecular weight excluding hydrogens is 552 g/mol. The van der Waals surface area contributed by atoms with Crippen LogP contribution in [0.2, 0.25) is 0 Å². The number of nitriles is 3. The Hall–Kier alpha value is -5.57. The Kier molecular flexibility index (Phi) is 7.77. The number of anilines is 2. The fourth-order valence-electron chi connectivity index (χ4n) is 5.40. The van der Waals surface area contributed by atoms with Crippen LogP contribution in [0.25, 0.3) is 10.9 Å². The highest BCUT2D eigenvalue weighted by Gasteiger charge is 2.38. The number of benzene rings is 3. The van der Waals surface area contributed by atoms with Gasteiger partial charge in [-0.25, -0.2) is 4.39 Å². The fourth-order valence-corrected chi connectivity index (χ4v) is 5.40. The van der Waals surface area contributed by atoms with Crippen LogP contribution in [0.3, 0.4) is 0 Å². The Bertz CT molecular complexity index is 1870. The van der Waals surface area contributed by atoms with Gasteiger partial charge < -0.3 is 16.1 Å². The van der Waals surface area contributed by atoms with E-state index in [9.17, 15) is 15.8 Å². The van der Waals surface area contributed by atoms with Crippen molar-refractivity contribution < 1.29 is 4.39 Å². The second-order valence-electron chi connectivity index (χ2n) is 10.9. The number of fused-ring (bicyclic) bond motifs is 1. The summed E-state index contributed by atoms with van der Waals surface area (Å²) < 4.78 is 15.8. The molecule has 1 aliphatic heterocycles. The van der Waals surface area contributed by atoms with Gasteiger partial charge in [-0.3, -0.25) is 9.99 Å². The van der Waals surface area contributed by atoms with Crippen molar-refractivity contribution in [1.29, 1.82) is 15.8 Å². The lowest BCUT2D eigenvalue weighted by Gasteiger charge is -2.34. The summed E-state index contributed by atoms with van der Waals surface area (Å²) in [6, 6.07) is 26.1. The van der Waals surface area contributed by atoms with E-state index in [0.717, 1.165) is 18.4 Å². The molecule has 11 heteroatoms. The molecule has 6 rings (SSSR count). The molecule has 0 amide bonds. The summed E-state index contributed by atoms with van der Waals surface area (Å²) in [6.45, 7) is 0. The van der Waals surface area contributed by atoms with E-state index in [4.69, 9.17) is 7.85 Å². The third-order valence-corrected chi connectivity index (χ3v) is 7.85. The van der Waals surface area contributed by atoms with Gasteiger partial charge in [-0.1, -0.05) is 42.5 Å². The Morgan fingerprint density at radius 2 is 1.89 bits per heavy atom. The van der Waals surface area contributed by atoms with Crippen molar-refractivity contribution in [1.82, 2.24) is 21.0 Å². The number of hydrogen-bond donors (Lipinski definition) is 4. The largest absolute Gasteiger partial charge is 0.378 e. The number of halogens is 1. The van der Waals surface area contributed by atoms with E-state index < -0.39 is 11.3 Å². The van der Waals surface area contributed by atoms with E-state index in [1.165, 1.54) is 12.3 Å². The Labute approximate surface area is 256 Å². The summed E-state index contributed by atoms with van der Waals surface area (Å²) in [5, 5.41) is 38.0. The van der Waals surface area contributed by atoms with Gasteiger partial charge in [0.05, 0.1) is 46.1 Å². The van der Waals surface area contributed by atoms with Gasteiger partial charge in [0.1, 0.15) is 19.4 Å². The molecule has 2 heterocycles. The summed E-state index contributed by atoms with van der Waals surface area (Å²) in [5.41, 5.74) is 8.43. The van der Waals surface area contributed by atoms with Gasteiger partial charge in [-0.15, -0.1) is 5.53 Å². The van der Waals surface area contributed by atoms with Gasteiger partial charge in [-0.2, -0.15) is 15.8 Å². The molecule has 2 aliphatic rings. The number of nitrogens with zero attached hydrogens (tertiary/aromatic N) is 5. The first kappa shape index (κ1) is 28.5. The van der Waals surface area contributed by atoms with Crippen molar-refractivity contribution in [3.8, 4) is 18.2 Å². The summed E-state index contributed by atoms with van der Waals surface area (Å²) in [4.78, 5) is 4.26. The lowest BCUT2D eigenvalue weighted by atomic mass is 9.69. The van der Waals surface area contributed by atoms with Crippen molar-refractivity contribution in [3.05, 3.63) is 113 Å². The smallest absolute Gasteiger partial charge is 0.151 e. The zero-order valence-corrected chi connectivity index (χ0v) is 23.7. The van der Waals surface area contributed by atoms with Crippen molar-refractivity contribution in [2.45, 2.75) is 43.2 Å². The lowest BCUT2D eigenvalue weighted by molar-refractivity contribution is 0.260. The number of pyridine rings is 1. The first-order valence-corrected chi connectivity index (χ1v) is 14.2. The molecule has 1 unspecified atom stereocenters. The molecule has 44 heavy (non-hydrogen) atoms. The van der Waals surface area contributed by atoms with E-state index >= 15 is 4.39 Å². The fraction of sp³-hybridized carbons (Fsp3) is 0.212. The Morgan fingerprint density at radius 1 is 1.07 bits per heavy atom. The zero-order chi connectivity index (χ0) is 30.7. The van der Waals surface area contributed by atoms with Gasteiger partial charge in [0, 0.05) is 35.9 Å².